The van der Waals surface area contributed by atoms with Crippen LogP contribution in [0.2, 0.25) is 0 Å². The topological polar surface area (TPSA) is 56.1 Å². The lowest BCUT2D eigenvalue weighted by molar-refractivity contribution is 0.0933. The monoisotopic (exact) mass is 487 g/mol. The summed E-state index contributed by atoms with van der Waals surface area (Å²) >= 11 is 0. The van der Waals surface area contributed by atoms with Crippen molar-refractivity contribution in [3.8, 4) is 11.6 Å². The van der Waals surface area contributed by atoms with Crippen molar-refractivity contribution < 1.29 is 9.53 Å². The first-order valence-electron chi connectivity index (χ1n) is 12.4. The Labute approximate surface area is 217 Å². The quantitative estimate of drug-likeness (QED) is 0.309. The SMILES string of the molecule is COc1c(C(=O)NC(Cc2ccccc2)c2ccccc2)c(C2=CC=CC=CC2)nn1-c1ccccc1. The van der Waals surface area contributed by atoms with Gasteiger partial charge in [-0.25, -0.2) is 0 Å². The number of ether oxygens (including phenoxy) is 1. The number of methoxy groups -OCH3 is 1. The minimum absolute atomic E-state index is 0.225. The van der Waals surface area contributed by atoms with E-state index in [0.717, 1.165) is 22.4 Å². The highest BCUT2D eigenvalue weighted by atomic mass is 16.5. The highest BCUT2D eigenvalue weighted by Crippen LogP contribution is 2.33. The van der Waals surface area contributed by atoms with E-state index < -0.39 is 0 Å². The van der Waals surface area contributed by atoms with Gasteiger partial charge in [0.25, 0.3) is 5.91 Å². The van der Waals surface area contributed by atoms with Crippen molar-refractivity contribution in [1.82, 2.24) is 15.1 Å². The predicted octanol–water partition coefficient (Wildman–Crippen LogP) is 6.49. The number of benzene rings is 3. The fourth-order valence-corrected chi connectivity index (χ4v) is 4.54. The minimum Gasteiger partial charge on any atom is -0.480 e. The molecule has 5 rings (SSSR count). The number of amides is 1. The van der Waals surface area contributed by atoms with Crippen LogP contribution in [0.15, 0.2) is 121 Å². The van der Waals surface area contributed by atoms with Crippen LogP contribution in [0.5, 0.6) is 5.88 Å². The van der Waals surface area contributed by atoms with Gasteiger partial charge in [0.2, 0.25) is 5.88 Å². The molecule has 1 amide bonds. The van der Waals surface area contributed by atoms with Crippen LogP contribution in [0.3, 0.4) is 0 Å². The number of allylic oxidation sites excluding steroid dienone is 6. The lowest BCUT2D eigenvalue weighted by atomic mass is 9.98. The number of para-hydroxylation sites is 1. The predicted molar refractivity (Wildman–Crippen MR) is 148 cm³/mol. The zero-order valence-corrected chi connectivity index (χ0v) is 20.7. The maximum Gasteiger partial charge on any atom is 0.259 e. The molecule has 0 saturated heterocycles. The molecule has 1 aromatic heterocycles. The van der Waals surface area contributed by atoms with E-state index in [2.05, 4.69) is 23.5 Å². The summed E-state index contributed by atoms with van der Waals surface area (Å²) in [6.45, 7) is 0. The molecule has 5 nitrogen and oxygen atoms in total. The first-order chi connectivity index (χ1) is 18.2. The smallest absolute Gasteiger partial charge is 0.259 e. The van der Waals surface area contributed by atoms with Gasteiger partial charge in [0, 0.05) is 0 Å². The molecule has 0 radical (unpaired) electrons. The molecule has 184 valence electrons. The number of aromatic nitrogens is 2. The molecule has 37 heavy (non-hydrogen) atoms. The summed E-state index contributed by atoms with van der Waals surface area (Å²) in [5.41, 5.74) is 4.99. The average molecular weight is 488 g/mol. The van der Waals surface area contributed by atoms with Crippen molar-refractivity contribution in [3.63, 3.8) is 0 Å². The van der Waals surface area contributed by atoms with Gasteiger partial charge in [-0.15, -0.1) is 0 Å². The summed E-state index contributed by atoms with van der Waals surface area (Å²) in [6.07, 6.45) is 11.3. The summed E-state index contributed by atoms with van der Waals surface area (Å²) in [6, 6.07) is 29.8. The van der Waals surface area contributed by atoms with Crippen LogP contribution in [0.1, 0.15) is 39.6 Å². The van der Waals surface area contributed by atoms with Crippen LogP contribution >= 0.6 is 0 Å². The molecule has 0 spiro atoms. The van der Waals surface area contributed by atoms with Gasteiger partial charge in [0.05, 0.1) is 18.8 Å². The third-order valence-corrected chi connectivity index (χ3v) is 6.35. The third-order valence-electron chi connectivity index (χ3n) is 6.35. The molecule has 1 N–H and O–H groups in total. The summed E-state index contributed by atoms with van der Waals surface area (Å²) in [7, 11) is 1.58. The van der Waals surface area contributed by atoms with Crippen LogP contribution in [0.25, 0.3) is 11.3 Å². The maximum absolute atomic E-state index is 14.1. The van der Waals surface area contributed by atoms with Gasteiger partial charge in [0.15, 0.2) is 0 Å². The zero-order valence-electron chi connectivity index (χ0n) is 20.7. The van der Waals surface area contributed by atoms with E-state index >= 15 is 0 Å². The van der Waals surface area contributed by atoms with E-state index in [0.29, 0.717) is 30.0 Å². The van der Waals surface area contributed by atoms with E-state index in [4.69, 9.17) is 9.84 Å². The fraction of sp³-hybridized carbons (Fsp3) is 0.125. The number of hydrogen-bond donors (Lipinski definition) is 1. The molecule has 0 aliphatic heterocycles. The lowest BCUT2D eigenvalue weighted by Gasteiger charge is -2.20. The van der Waals surface area contributed by atoms with Crippen molar-refractivity contribution in [2.45, 2.75) is 18.9 Å². The van der Waals surface area contributed by atoms with Crippen LogP contribution in [-0.4, -0.2) is 22.8 Å². The van der Waals surface area contributed by atoms with Gasteiger partial charge >= 0.3 is 0 Å². The molecular weight excluding hydrogens is 458 g/mol. The Bertz CT molecular complexity index is 1440. The molecule has 5 heteroatoms. The molecule has 0 saturated carbocycles. The highest BCUT2D eigenvalue weighted by Gasteiger charge is 2.29. The summed E-state index contributed by atoms with van der Waals surface area (Å²) in [5, 5.41) is 8.19. The second-order valence-corrected chi connectivity index (χ2v) is 8.82. The third kappa shape index (κ3) is 5.46. The Morgan fingerprint density at radius 1 is 0.919 bits per heavy atom. The van der Waals surface area contributed by atoms with E-state index in [1.807, 2.05) is 103 Å². The Morgan fingerprint density at radius 3 is 2.30 bits per heavy atom. The van der Waals surface area contributed by atoms with Gasteiger partial charge in [-0.3, -0.25) is 4.79 Å². The first kappa shape index (κ1) is 24.1. The zero-order chi connectivity index (χ0) is 25.5. The van der Waals surface area contributed by atoms with E-state index in [1.165, 1.54) is 0 Å². The van der Waals surface area contributed by atoms with Crippen molar-refractivity contribution in [2.75, 3.05) is 7.11 Å². The van der Waals surface area contributed by atoms with Crippen molar-refractivity contribution >= 4 is 11.5 Å². The standard InChI is InChI=1S/C32H29N3O2/c1-37-32-29(30(26-19-9-2-3-10-20-26)34-35(32)27-21-13-6-14-22-27)31(36)33-28(25-17-11-5-12-18-25)23-24-15-7-4-8-16-24/h2-19,21-22,28H,20,23H2,1H3,(H,33,36). The van der Waals surface area contributed by atoms with Gasteiger partial charge in [-0.1, -0.05) is 109 Å². The highest BCUT2D eigenvalue weighted by molar-refractivity contribution is 6.01. The second kappa shape index (κ2) is 11.4. The maximum atomic E-state index is 14.1. The molecule has 0 bridgehead atoms. The summed E-state index contributed by atoms with van der Waals surface area (Å²) < 4.78 is 7.54. The van der Waals surface area contributed by atoms with Gasteiger partial charge in [-0.2, -0.15) is 9.78 Å². The lowest BCUT2D eigenvalue weighted by Crippen LogP contribution is -2.30. The van der Waals surface area contributed by atoms with Crippen LogP contribution < -0.4 is 10.1 Å². The van der Waals surface area contributed by atoms with E-state index in [9.17, 15) is 4.79 Å². The Morgan fingerprint density at radius 2 is 1.59 bits per heavy atom. The summed E-state index contributed by atoms with van der Waals surface area (Å²) in [4.78, 5) is 14.1. The van der Waals surface area contributed by atoms with Crippen molar-refractivity contribution in [1.29, 1.82) is 0 Å². The van der Waals surface area contributed by atoms with Crippen LogP contribution in [-0.2, 0) is 6.42 Å². The van der Waals surface area contributed by atoms with Crippen LogP contribution in [0.4, 0.5) is 0 Å². The number of rotatable bonds is 8. The number of nitrogens with zero attached hydrogens (tertiary/aromatic N) is 2. The molecule has 3 aromatic carbocycles. The van der Waals surface area contributed by atoms with Crippen LogP contribution in [0, 0.1) is 0 Å². The van der Waals surface area contributed by atoms with Crippen molar-refractivity contribution in [2.24, 2.45) is 0 Å². The number of carbonyl (C=O) groups excluding carboxylic acids is 1. The second-order valence-electron chi connectivity index (χ2n) is 8.82. The molecule has 1 heterocycles. The van der Waals surface area contributed by atoms with Gasteiger partial charge in [0.1, 0.15) is 11.3 Å². The molecule has 4 aromatic rings. The Kier molecular flexibility index (Phi) is 7.42. The largest absolute Gasteiger partial charge is 0.480 e. The molecule has 1 unspecified atom stereocenters. The number of hydrogen-bond acceptors (Lipinski definition) is 3. The number of nitrogens with one attached hydrogen (secondary N) is 1. The summed E-state index contributed by atoms with van der Waals surface area (Å²) in [5.74, 6) is 0.181. The van der Waals surface area contributed by atoms with Gasteiger partial charge < -0.3 is 10.1 Å². The molecule has 1 atom stereocenters. The molecule has 0 fully saturated rings. The van der Waals surface area contributed by atoms with Crippen molar-refractivity contribution in [3.05, 3.63) is 144 Å². The fourth-order valence-electron chi connectivity index (χ4n) is 4.54. The Hall–Kier alpha value is -4.64. The Balaban J connectivity index is 1.58. The molecular formula is C32H29N3O2. The minimum atomic E-state index is -0.225. The first-order valence-corrected chi connectivity index (χ1v) is 12.4. The molecule has 1 aliphatic carbocycles. The van der Waals surface area contributed by atoms with E-state index in [1.54, 1.807) is 11.8 Å². The number of carbonyl (C=O) groups is 1. The molecule has 1 aliphatic rings. The van der Waals surface area contributed by atoms with Gasteiger partial charge in [-0.05, 0) is 41.7 Å². The average Bonchev–Trinajstić information content (AvgIpc) is 3.13. The van der Waals surface area contributed by atoms with E-state index in [-0.39, 0.29) is 11.9 Å². The normalized spacial score (nSPS) is 13.5.